The number of carbonyl (C=O) groups excluding carboxylic acids is 1. The molecule has 4 aromatic rings. The molecule has 0 aliphatic carbocycles. The molecule has 0 unspecified atom stereocenters. The number of aromatic nitrogens is 2. The van der Waals surface area contributed by atoms with E-state index in [0.29, 0.717) is 16.4 Å². The zero-order chi connectivity index (χ0) is 17.2. The summed E-state index contributed by atoms with van der Waals surface area (Å²) in [7, 11) is 0. The lowest BCUT2D eigenvalue weighted by molar-refractivity contribution is 0.0955. The van der Waals surface area contributed by atoms with Gasteiger partial charge in [0.2, 0.25) is 0 Å². The minimum atomic E-state index is -0.119. The number of halogens is 1. The molecule has 3 aromatic heterocycles. The zero-order valence-electron chi connectivity index (χ0n) is 13.1. The van der Waals surface area contributed by atoms with E-state index in [4.69, 9.17) is 11.6 Å². The van der Waals surface area contributed by atoms with Crippen LogP contribution in [0, 0.1) is 0 Å². The summed E-state index contributed by atoms with van der Waals surface area (Å²) in [5, 5.41) is 4.60. The number of pyridine rings is 1. The number of nitrogens with zero attached hydrogens (tertiary/aromatic N) is 2. The summed E-state index contributed by atoms with van der Waals surface area (Å²) >= 11 is 7.40. The minimum absolute atomic E-state index is 0.119. The number of benzene rings is 1. The van der Waals surface area contributed by atoms with Crippen molar-refractivity contribution >= 4 is 39.1 Å². The number of fused-ring (bicyclic) bond motifs is 1. The molecule has 0 atom stereocenters. The van der Waals surface area contributed by atoms with E-state index in [1.54, 1.807) is 6.20 Å². The molecular formula is C19H14ClN3OS. The molecule has 0 spiro atoms. The smallest absolute Gasteiger partial charge is 0.263 e. The van der Waals surface area contributed by atoms with Gasteiger partial charge < -0.3 is 9.88 Å². The van der Waals surface area contributed by atoms with Gasteiger partial charge >= 0.3 is 0 Å². The number of thiophene rings is 1. The number of carbonyl (C=O) groups is 1. The molecule has 4 rings (SSSR count). The van der Waals surface area contributed by atoms with Gasteiger partial charge in [-0.1, -0.05) is 23.7 Å². The highest BCUT2D eigenvalue weighted by Crippen LogP contribution is 2.33. The van der Waals surface area contributed by atoms with Crippen molar-refractivity contribution in [2.45, 2.75) is 6.54 Å². The molecule has 1 amide bonds. The van der Waals surface area contributed by atoms with Crippen LogP contribution in [-0.4, -0.2) is 15.5 Å². The minimum Gasteiger partial charge on any atom is -0.347 e. The van der Waals surface area contributed by atoms with Gasteiger partial charge in [-0.2, -0.15) is 0 Å². The lowest BCUT2D eigenvalue weighted by atomic mass is 10.2. The molecule has 25 heavy (non-hydrogen) atoms. The summed E-state index contributed by atoms with van der Waals surface area (Å²) in [5.41, 5.74) is 1.82. The standard InChI is InChI=1S/C19H14ClN3OS/c20-14-6-3-5-13(11-14)12-22-18(24)17-16(23-9-1-2-10-23)15-7-4-8-21-19(15)25-17/h1-11H,12H2,(H,22,24). The number of nitrogens with one attached hydrogen (secondary N) is 1. The number of hydrogen-bond donors (Lipinski definition) is 1. The van der Waals surface area contributed by atoms with Crippen molar-refractivity contribution in [3.8, 4) is 5.69 Å². The molecule has 0 aliphatic rings. The highest BCUT2D eigenvalue weighted by atomic mass is 35.5. The summed E-state index contributed by atoms with van der Waals surface area (Å²) in [5.74, 6) is -0.119. The Hall–Kier alpha value is -2.63. The van der Waals surface area contributed by atoms with Crippen molar-refractivity contribution in [2.75, 3.05) is 0 Å². The maximum Gasteiger partial charge on any atom is 0.263 e. The predicted octanol–water partition coefficient (Wildman–Crippen LogP) is 4.67. The molecule has 3 heterocycles. The second-order valence-electron chi connectivity index (χ2n) is 5.54. The van der Waals surface area contributed by atoms with Gasteiger partial charge in [0.15, 0.2) is 0 Å². The van der Waals surface area contributed by atoms with E-state index in [1.165, 1.54) is 11.3 Å². The highest BCUT2D eigenvalue weighted by molar-refractivity contribution is 7.21. The molecule has 1 aromatic carbocycles. The Morgan fingerprint density at radius 3 is 2.80 bits per heavy atom. The first kappa shape index (κ1) is 15.9. The van der Waals surface area contributed by atoms with Gasteiger partial charge in [-0.3, -0.25) is 4.79 Å². The molecule has 0 aliphatic heterocycles. The van der Waals surface area contributed by atoms with Crippen LogP contribution in [-0.2, 0) is 6.54 Å². The van der Waals surface area contributed by atoms with E-state index in [2.05, 4.69) is 10.3 Å². The van der Waals surface area contributed by atoms with Crippen LogP contribution in [0.4, 0.5) is 0 Å². The van der Waals surface area contributed by atoms with Crippen LogP contribution in [0.1, 0.15) is 15.2 Å². The van der Waals surface area contributed by atoms with Gasteiger partial charge in [0.05, 0.1) is 5.69 Å². The maximum absolute atomic E-state index is 12.8. The van der Waals surface area contributed by atoms with Gasteiger partial charge in [0, 0.05) is 35.5 Å². The predicted molar refractivity (Wildman–Crippen MR) is 102 cm³/mol. The van der Waals surface area contributed by atoms with Crippen molar-refractivity contribution in [1.82, 2.24) is 14.9 Å². The first-order valence-electron chi connectivity index (χ1n) is 7.76. The summed E-state index contributed by atoms with van der Waals surface area (Å²) in [4.78, 5) is 18.7. The van der Waals surface area contributed by atoms with Crippen LogP contribution in [0.5, 0.6) is 0 Å². The fourth-order valence-corrected chi connectivity index (χ4v) is 3.99. The lowest BCUT2D eigenvalue weighted by Gasteiger charge is -2.08. The quantitative estimate of drug-likeness (QED) is 0.569. The summed E-state index contributed by atoms with van der Waals surface area (Å²) in [6, 6.07) is 15.2. The second-order valence-corrected chi connectivity index (χ2v) is 6.97. The normalized spacial score (nSPS) is 10.9. The van der Waals surface area contributed by atoms with E-state index >= 15 is 0 Å². The number of hydrogen-bond acceptors (Lipinski definition) is 3. The molecule has 0 bridgehead atoms. The average molecular weight is 368 g/mol. The van der Waals surface area contributed by atoms with Crippen molar-refractivity contribution in [2.24, 2.45) is 0 Å². The second kappa shape index (κ2) is 6.70. The molecule has 124 valence electrons. The van der Waals surface area contributed by atoms with Gasteiger partial charge in [-0.15, -0.1) is 11.3 Å². The van der Waals surface area contributed by atoms with Gasteiger partial charge in [-0.05, 0) is 42.0 Å². The fraction of sp³-hybridized carbons (Fsp3) is 0.0526. The van der Waals surface area contributed by atoms with Crippen LogP contribution in [0.2, 0.25) is 5.02 Å². The van der Waals surface area contributed by atoms with E-state index in [0.717, 1.165) is 21.5 Å². The van der Waals surface area contributed by atoms with E-state index in [-0.39, 0.29) is 5.91 Å². The Labute approximate surface area is 153 Å². The monoisotopic (exact) mass is 367 g/mol. The average Bonchev–Trinajstić information content (AvgIpc) is 3.26. The molecule has 1 N–H and O–H groups in total. The first-order valence-corrected chi connectivity index (χ1v) is 8.95. The summed E-state index contributed by atoms with van der Waals surface area (Å²) < 4.78 is 1.95. The zero-order valence-corrected chi connectivity index (χ0v) is 14.7. The van der Waals surface area contributed by atoms with Crippen LogP contribution >= 0.6 is 22.9 Å². The lowest BCUT2D eigenvalue weighted by Crippen LogP contribution is -2.22. The van der Waals surface area contributed by atoms with E-state index in [9.17, 15) is 4.79 Å². The topological polar surface area (TPSA) is 46.9 Å². The van der Waals surface area contributed by atoms with Crippen molar-refractivity contribution in [3.63, 3.8) is 0 Å². The highest BCUT2D eigenvalue weighted by Gasteiger charge is 2.20. The number of rotatable bonds is 4. The SMILES string of the molecule is O=C(NCc1cccc(Cl)c1)c1sc2ncccc2c1-n1cccc1. The van der Waals surface area contributed by atoms with Gasteiger partial charge in [-0.25, -0.2) is 4.98 Å². The summed E-state index contributed by atoms with van der Waals surface area (Å²) in [6.07, 6.45) is 5.61. The van der Waals surface area contributed by atoms with Crippen molar-refractivity contribution < 1.29 is 4.79 Å². The van der Waals surface area contributed by atoms with Crippen molar-refractivity contribution in [1.29, 1.82) is 0 Å². The molecular weight excluding hydrogens is 354 g/mol. The molecule has 0 radical (unpaired) electrons. The molecule has 0 fully saturated rings. The molecule has 0 saturated heterocycles. The third-order valence-corrected chi connectivity index (χ3v) is 5.19. The largest absolute Gasteiger partial charge is 0.347 e. The van der Waals surface area contributed by atoms with Crippen LogP contribution in [0.3, 0.4) is 0 Å². The third-order valence-electron chi connectivity index (χ3n) is 3.85. The molecule has 6 heteroatoms. The Kier molecular flexibility index (Phi) is 4.26. The van der Waals surface area contributed by atoms with E-state index < -0.39 is 0 Å². The molecule has 4 nitrogen and oxygen atoms in total. The van der Waals surface area contributed by atoms with Crippen molar-refractivity contribution in [3.05, 3.63) is 82.6 Å². The van der Waals surface area contributed by atoms with E-state index in [1.807, 2.05) is 65.5 Å². The van der Waals surface area contributed by atoms with Crippen LogP contribution in [0.25, 0.3) is 15.9 Å². The first-order chi connectivity index (χ1) is 12.2. The fourth-order valence-electron chi connectivity index (χ4n) is 2.72. The van der Waals surface area contributed by atoms with Gasteiger partial charge in [0.25, 0.3) is 5.91 Å². The maximum atomic E-state index is 12.8. The third kappa shape index (κ3) is 3.16. The Morgan fingerprint density at radius 1 is 1.16 bits per heavy atom. The Morgan fingerprint density at radius 2 is 2.00 bits per heavy atom. The van der Waals surface area contributed by atoms with Crippen LogP contribution < -0.4 is 5.32 Å². The number of amides is 1. The van der Waals surface area contributed by atoms with Gasteiger partial charge in [0.1, 0.15) is 9.71 Å². The Bertz CT molecular complexity index is 1040. The molecule has 0 saturated carbocycles. The summed E-state index contributed by atoms with van der Waals surface area (Å²) in [6.45, 7) is 0.423. The Balaban J connectivity index is 1.68. The van der Waals surface area contributed by atoms with Crippen LogP contribution in [0.15, 0.2) is 67.1 Å².